The molecule has 2 aromatic rings. The predicted molar refractivity (Wildman–Crippen MR) is 230 cm³/mol. The lowest BCUT2D eigenvalue weighted by molar-refractivity contribution is -0.0397. The third-order valence-electron chi connectivity index (χ3n) is 12.2. The van der Waals surface area contributed by atoms with Gasteiger partial charge < -0.3 is 39.2 Å². The van der Waals surface area contributed by atoms with Gasteiger partial charge in [-0.1, -0.05) is 59.7 Å². The van der Waals surface area contributed by atoms with Crippen LogP contribution in [0.3, 0.4) is 0 Å². The molecule has 324 valence electrons. The van der Waals surface area contributed by atoms with Gasteiger partial charge in [0, 0.05) is 36.3 Å². The van der Waals surface area contributed by atoms with E-state index in [0.717, 1.165) is 57.2 Å². The quantitative estimate of drug-likeness (QED) is 0.297. The van der Waals surface area contributed by atoms with Crippen LogP contribution in [0.1, 0.15) is 141 Å². The molecule has 6 aliphatic heterocycles. The summed E-state index contributed by atoms with van der Waals surface area (Å²) in [5, 5.41) is 13.3. The average Bonchev–Trinajstić information content (AvgIpc) is 3.71. The van der Waals surface area contributed by atoms with Gasteiger partial charge in [-0.25, -0.2) is 9.59 Å². The number of ether oxygens (including phenoxy) is 4. The maximum atomic E-state index is 12.5. The van der Waals surface area contributed by atoms with E-state index in [0.29, 0.717) is 25.6 Å². The molecule has 6 heterocycles. The lowest BCUT2D eigenvalue weighted by Gasteiger charge is -2.39. The van der Waals surface area contributed by atoms with Crippen LogP contribution < -0.4 is 5.32 Å². The largest absolute Gasteiger partial charge is 0.444 e. The summed E-state index contributed by atoms with van der Waals surface area (Å²) in [6.07, 6.45) is 12.5. The Morgan fingerprint density at radius 3 is 1.38 bits per heavy atom. The predicted octanol–water partition coefficient (Wildman–Crippen LogP) is 9.57. The second kappa shape index (κ2) is 20.1. The Morgan fingerprint density at radius 2 is 1.00 bits per heavy atom. The van der Waals surface area contributed by atoms with Crippen molar-refractivity contribution < 1.29 is 33.6 Å². The molecule has 6 aliphatic rings. The third kappa shape index (κ3) is 13.3. The van der Waals surface area contributed by atoms with Crippen molar-refractivity contribution in [2.24, 2.45) is 0 Å². The van der Waals surface area contributed by atoms with E-state index in [4.69, 9.17) is 18.9 Å². The highest BCUT2D eigenvalue weighted by Gasteiger charge is 2.46. The Hall–Kier alpha value is -2.89. The van der Waals surface area contributed by atoms with Gasteiger partial charge in [-0.2, -0.15) is 0 Å². The summed E-state index contributed by atoms with van der Waals surface area (Å²) in [5.74, 6) is 0. The van der Waals surface area contributed by atoms with Crippen molar-refractivity contribution in [1.29, 1.82) is 0 Å². The molecular weight excluding hydrogens is 754 g/mol. The Labute approximate surface area is 354 Å². The zero-order valence-electron chi connectivity index (χ0n) is 36.4. The van der Waals surface area contributed by atoms with Crippen molar-refractivity contribution in [2.45, 2.75) is 211 Å². The minimum atomic E-state index is -0.438. The van der Waals surface area contributed by atoms with Gasteiger partial charge in [0.1, 0.15) is 11.2 Å². The fourth-order valence-corrected chi connectivity index (χ4v) is 9.81. The Morgan fingerprint density at radius 1 is 0.621 bits per heavy atom. The summed E-state index contributed by atoms with van der Waals surface area (Å²) in [6.45, 7) is 17.1. The van der Waals surface area contributed by atoms with E-state index in [1.165, 1.54) is 47.9 Å². The van der Waals surface area contributed by atoms with Gasteiger partial charge in [-0.3, -0.25) is 0 Å². The zero-order chi connectivity index (χ0) is 40.9. The second-order valence-corrected chi connectivity index (χ2v) is 19.6. The topological polar surface area (TPSA) is 110 Å². The SMILES string of the molecule is CC(C)(C)OC(=O)N1C2CCC1CC(O)C2.Cc1cccc(COC2CC3CCC(C2)N3)c1.Cc1cccc(COC2CC3CCC(C2)N3C(=O)OC(C)(C)C)c1.Cl. The standard InChI is InChI=1S/C20H29NO3.C15H21NO.C12H21NO3.ClH/c1-14-6-5-7-15(10-14)13-23-18-11-16-8-9-17(12-18)21(16)19(22)24-20(2,3)4;1-11-3-2-4-12(7-11)10-17-15-8-13-5-6-14(9-15)16-13;1-12(2,3)16-11(15)13-8-4-5-9(13)7-10(14)6-8;/h5-7,10,16-18H,8-9,11-13H2,1-4H3;2-4,7,13-16H,5-6,8-10H2,1H3;8-10,14H,4-7H2,1-3H3;1H. The number of carbonyl (C=O) groups is 2. The van der Waals surface area contributed by atoms with Crippen LogP contribution >= 0.6 is 12.4 Å². The zero-order valence-corrected chi connectivity index (χ0v) is 37.2. The van der Waals surface area contributed by atoms with Crippen LogP contribution in [-0.2, 0) is 32.2 Å². The summed E-state index contributed by atoms with van der Waals surface area (Å²) in [6, 6.07) is 19.4. The van der Waals surface area contributed by atoms with Crippen LogP contribution in [0.25, 0.3) is 0 Å². The smallest absolute Gasteiger partial charge is 0.410 e. The number of halogens is 1. The van der Waals surface area contributed by atoms with E-state index in [2.05, 4.69) is 67.7 Å². The van der Waals surface area contributed by atoms with Crippen molar-refractivity contribution in [3.8, 4) is 0 Å². The van der Waals surface area contributed by atoms with Crippen molar-refractivity contribution in [3.63, 3.8) is 0 Å². The maximum absolute atomic E-state index is 12.5. The van der Waals surface area contributed by atoms with Crippen molar-refractivity contribution in [1.82, 2.24) is 15.1 Å². The van der Waals surface area contributed by atoms with Crippen LogP contribution in [0.5, 0.6) is 0 Å². The fraction of sp³-hybridized carbons (Fsp3) is 0.702. The van der Waals surface area contributed by atoms with E-state index >= 15 is 0 Å². The molecule has 11 heteroatoms. The second-order valence-electron chi connectivity index (χ2n) is 19.6. The van der Waals surface area contributed by atoms with Gasteiger partial charge in [-0.05, 0) is 144 Å². The first kappa shape index (κ1) is 46.2. The van der Waals surface area contributed by atoms with Gasteiger partial charge >= 0.3 is 12.2 Å². The molecular formula is C47H72ClN3O7. The molecule has 0 aromatic heterocycles. The lowest BCUT2D eigenvalue weighted by Crippen LogP contribution is -2.50. The Balaban J connectivity index is 0.000000169. The van der Waals surface area contributed by atoms with E-state index in [9.17, 15) is 14.7 Å². The van der Waals surface area contributed by atoms with Gasteiger partial charge in [0.2, 0.25) is 0 Å². The molecule has 2 aromatic carbocycles. The molecule has 2 amide bonds. The highest BCUT2D eigenvalue weighted by Crippen LogP contribution is 2.39. The number of rotatable bonds is 6. The van der Waals surface area contributed by atoms with E-state index in [1.807, 2.05) is 51.3 Å². The van der Waals surface area contributed by atoms with Gasteiger partial charge in [0.25, 0.3) is 0 Å². The minimum absolute atomic E-state index is 0. The first-order valence-electron chi connectivity index (χ1n) is 21.8. The number of aliphatic hydroxyl groups excluding tert-OH is 1. The van der Waals surface area contributed by atoms with Crippen LogP contribution in [0, 0.1) is 13.8 Å². The van der Waals surface area contributed by atoms with Gasteiger partial charge in [-0.15, -0.1) is 12.4 Å². The summed E-state index contributed by atoms with van der Waals surface area (Å²) in [7, 11) is 0. The van der Waals surface area contributed by atoms with Crippen LogP contribution in [-0.4, -0.2) is 92.9 Å². The average molecular weight is 827 g/mol. The van der Waals surface area contributed by atoms with Crippen LogP contribution in [0.4, 0.5) is 9.59 Å². The molecule has 0 spiro atoms. The summed E-state index contributed by atoms with van der Waals surface area (Å²) in [5.41, 5.74) is 4.22. The molecule has 6 unspecified atom stereocenters. The Bertz CT molecular complexity index is 1600. The number of aliphatic hydroxyl groups is 1. The van der Waals surface area contributed by atoms with Gasteiger partial charge in [0.05, 0.1) is 31.5 Å². The molecule has 6 atom stereocenters. The molecule has 8 rings (SSSR count). The monoisotopic (exact) mass is 826 g/mol. The fourth-order valence-electron chi connectivity index (χ4n) is 9.81. The van der Waals surface area contributed by atoms with E-state index < -0.39 is 11.2 Å². The first-order chi connectivity index (χ1) is 27.0. The molecule has 58 heavy (non-hydrogen) atoms. The molecule has 10 nitrogen and oxygen atoms in total. The third-order valence-corrected chi connectivity index (χ3v) is 12.2. The number of aryl methyl sites for hydroxylation is 2. The van der Waals surface area contributed by atoms with Crippen molar-refractivity contribution >= 4 is 24.6 Å². The molecule has 0 saturated carbocycles. The van der Waals surface area contributed by atoms with E-state index in [-0.39, 0.29) is 61.0 Å². The van der Waals surface area contributed by atoms with Crippen LogP contribution in [0.2, 0.25) is 0 Å². The lowest BCUT2D eigenvalue weighted by atomic mass is 10.00. The van der Waals surface area contributed by atoms with Gasteiger partial charge in [0.15, 0.2) is 0 Å². The number of amides is 2. The number of nitrogens with zero attached hydrogens (tertiary/aromatic N) is 2. The van der Waals surface area contributed by atoms with Crippen LogP contribution in [0.15, 0.2) is 48.5 Å². The summed E-state index contributed by atoms with van der Waals surface area (Å²) >= 11 is 0. The molecule has 0 aliphatic carbocycles. The summed E-state index contributed by atoms with van der Waals surface area (Å²) < 4.78 is 23.2. The van der Waals surface area contributed by atoms with E-state index in [1.54, 1.807) is 0 Å². The highest BCUT2D eigenvalue weighted by atomic mass is 35.5. The minimum Gasteiger partial charge on any atom is -0.444 e. The molecule has 6 saturated heterocycles. The molecule has 6 fully saturated rings. The molecule has 2 N–H and O–H groups in total. The Kier molecular flexibility index (Phi) is 16.0. The normalized spacial score (nSPS) is 29.6. The number of fused-ring (bicyclic) bond motifs is 6. The number of piperidine rings is 3. The maximum Gasteiger partial charge on any atom is 0.410 e. The number of hydrogen-bond donors (Lipinski definition) is 2. The van der Waals surface area contributed by atoms with Crippen molar-refractivity contribution in [3.05, 3.63) is 70.8 Å². The molecule has 6 bridgehead atoms. The van der Waals surface area contributed by atoms with Crippen molar-refractivity contribution in [2.75, 3.05) is 0 Å². The number of carbonyl (C=O) groups excluding carboxylic acids is 2. The first-order valence-corrected chi connectivity index (χ1v) is 21.8. The summed E-state index contributed by atoms with van der Waals surface area (Å²) in [4.78, 5) is 28.3. The molecule has 0 radical (unpaired) electrons. The number of benzene rings is 2. The number of nitrogens with one attached hydrogen (secondary N) is 1. The highest BCUT2D eigenvalue weighted by molar-refractivity contribution is 5.85. The number of hydrogen-bond acceptors (Lipinski definition) is 8.